The van der Waals surface area contributed by atoms with Crippen molar-refractivity contribution >= 4 is 11.6 Å². The monoisotopic (exact) mass is 274 g/mol. The van der Waals surface area contributed by atoms with Gasteiger partial charge in [-0.15, -0.1) is 0 Å². The fourth-order valence-electron chi connectivity index (χ4n) is 3.01. The second kappa shape index (κ2) is 6.89. The fourth-order valence-corrected chi connectivity index (χ4v) is 3.01. The Balaban J connectivity index is 2.05. The van der Waals surface area contributed by atoms with E-state index < -0.39 is 0 Å². The van der Waals surface area contributed by atoms with Crippen LogP contribution in [0.4, 0.5) is 5.69 Å². The van der Waals surface area contributed by atoms with Gasteiger partial charge in [0, 0.05) is 5.69 Å². The molecule has 110 valence electrons. The van der Waals surface area contributed by atoms with Crippen LogP contribution in [0.1, 0.15) is 43.7 Å². The van der Waals surface area contributed by atoms with Gasteiger partial charge in [0.1, 0.15) is 0 Å². The topological polar surface area (TPSA) is 32.3 Å². The SMILES string of the molecule is CCCN1CCCC[C@H]1C(=O)Nc1ccc(C)cc1C. The minimum absolute atomic E-state index is 0.0457. The molecule has 0 radical (unpaired) electrons. The van der Waals surface area contributed by atoms with E-state index in [1.54, 1.807) is 0 Å². The first-order chi connectivity index (χ1) is 9.61. The normalized spacial score (nSPS) is 19.9. The zero-order chi connectivity index (χ0) is 14.5. The molecule has 1 atom stereocenters. The van der Waals surface area contributed by atoms with Crippen LogP contribution in [0.15, 0.2) is 18.2 Å². The van der Waals surface area contributed by atoms with Crippen LogP contribution >= 0.6 is 0 Å². The molecule has 1 aliphatic heterocycles. The quantitative estimate of drug-likeness (QED) is 0.911. The molecular weight excluding hydrogens is 248 g/mol. The summed E-state index contributed by atoms with van der Waals surface area (Å²) in [5.41, 5.74) is 3.31. The number of amides is 1. The Bertz CT molecular complexity index is 468. The Morgan fingerprint density at radius 3 is 2.85 bits per heavy atom. The lowest BCUT2D eigenvalue weighted by molar-refractivity contribution is -0.122. The third-order valence-corrected chi connectivity index (χ3v) is 4.07. The molecule has 1 aromatic carbocycles. The summed E-state index contributed by atoms with van der Waals surface area (Å²) in [4.78, 5) is 14.9. The Hall–Kier alpha value is -1.35. The van der Waals surface area contributed by atoms with Crippen LogP contribution in [0.2, 0.25) is 0 Å². The number of rotatable bonds is 4. The van der Waals surface area contributed by atoms with Gasteiger partial charge in [-0.3, -0.25) is 9.69 Å². The average molecular weight is 274 g/mol. The molecule has 1 N–H and O–H groups in total. The van der Waals surface area contributed by atoms with E-state index in [1.807, 2.05) is 19.1 Å². The summed E-state index contributed by atoms with van der Waals surface area (Å²) < 4.78 is 0. The van der Waals surface area contributed by atoms with Gasteiger partial charge in [-0.05, 0) is 57.8 Å². The summed E-state index contributed by atoms with van der Waals surface area (Å²) in [5, 5.41) is 3.11. The highest BCUT2D eigenvalue weighted by Crippen LogP contribution is 2.21. The molecule has 1 aliphatic rings. The van der Waals surface area contributed by atoms with E-state index in [4.69, 9.17) is 0 Å². The van der Waals surface area contributed by atoms with Gasteiger partial charge in [0.25, 0.3) is 0 Å². The Kier molecular flexibility index (Phi) is 5.18. The molecule has 2 rings (SSSR count). The molecule has 20 heavy (non-hydrogen) atoms. The Labute approximate surface area is 122 Å². The summed E-state index contributed by atoms with van der Waals surface area (Å²) in [7, 11) is 0. The molecule has 0 aromatic heterocycles. The van der Waals surface area contributed by atoms with Gasteiger partial charge in [-0.2, -0.15) is 0 Å². The molecule has 0 saturated carbocycles. The van der Waals surface area contributed by atoms with E-state index in [1.165, 1.54) is 12.0 Å². The van der Waals surface area contributed by atoms with Crippen LogP contribution in [0.25, 0.3) is 0 Å². The van der Waals surface area contributed by atoms with Crippen molar-refractivity contribution in [3.8, 4) is 0 Å². The van der Waals surface area contributed by atoms with Gasteiger partial charge in [0.15, 0.2) is 0 Å². The highest BCUT2D eigenvalue weighted by atomic mass is 16.2. The average Bonchev–Trinajstić information content (AvgIpc) is 2.43. The number of nitrogens with zero attached hydrogens (tertiary/aromatic N) is 1. The number of carbonyl (C=O) groups excluding carboxylic acids is 1. The van der Waals surface area contributed by atoms with Crippen molar-refractivity contribution in [1.82, 2.24) is 4.90 Å². The Morgan fingerprint density at radius 1 is 1.35 bits per heavy atom. The number of carbonyl (C=O) groups is 1. The molecule has 1 fully saturated rings. The van der Waals surface area contributed by atoms with Crippen molar-refractivity contribution in [1.29, 1.82) is 0 Å². The smallest absolute Gasteiger partial charge is 0.241 e. The number of hydrogen-bond acceptors (Lipinski definition) is 2. The van der Waals surface area contributed by atoms with Crippen LogP contribution in [0, 0.1) is 13.8 Å². The van der Waals surface area contributed by atoms with Crippen molar-refractivity contribution in [2.75, 3.05) is 18.4 Å². The lowest BCUT2D eigenvalue weighted by Gasteiger charge is -2.34. The predicted octanol–water partition coefficient (Wildman–Crippen LogP) is 3.51. The molecule has 1 heterocycles. The van der Waals surface area contributed by atoms with Crippen LogP contribution in [0.5, 0.6) is 0 Å². The molecular formula is C17H26N2O. The number of likely N-dealkylation sites (tertiary alicyclic amines) is 1. The van der Waals surface area contributed by atoms with Crippen molar-refractivity contribution in [2.45, 2.75) is 52.5 Å². The van der Waals surface area contributed by atoms with Gasteiger partial charge < -0.3 is 5.32 Å². The summed E-state index contributed by atoms with van der Waals surface area (Å²) in [6.45, 7) is 8.37. The van der Waals surface area contributed by atoms with Crippen molar-refractivity contribution in [3.63, 3.8) is 0 Å². The van der Waals surface area contributed by atoms with Gasteiger partial charge >= 0.3 is 0 Å². The van der Waals surface area contributed by atoms with E-state index in [9.17, 15) is 4.79 Å². The second-order valence-electron chi connectivity index (χ2n) is 5.86. The first-order valence-electron chi connectivity index (χ1n) is 7.74. The van der Waals surface area contributed by atoms with Crippen molar-refractivity contribution in [2.24, 2.45) is 0 Å². The number of anilines is 1. The number of aryl methyl sites for hydroxylation is 2. The van der Waals surface area contributed by atoms with Gasteiger partial charge in [0.05, 0.1) is 6.04 Å². The van der Waals surface area contributed by atoms with Crippen LogP contribution in [-0.2, 0) is 4.79 Å². The van der Waals surface area contributed by atoms with Crippen LogP contribution in [0.3, 0.4) is 0 Å². The highest BCUT2D eigenvalue weighted by Gasteiger charge is 2.28. The molecule has 0 aliphatic carbocycles. The molecule has 1 amide bonds. The Morgan fingerprint density at radius 2 is 2.15 bits per heavy atom. The van der Waals surface area contributed by atoms with E-state index in [0.29, 0.717) is 0 Å². The summed E-state index contributed by atoms with van der Waals surface area (Å²) in [6, 6.07) is 6.22. The molecule has 1 aromatic rings. The summed E-state index contributed by atoms with van der Waals surface area (Å²) in [6.07, 6.45) is 4.46. The molecule has 0 bridgehead atoms. The zero-order valence-corrected chi connectivity index (χ0v) is 12.9. The third-order valence-electron chi connectivity index (χ3n) is 4.07. The van der Waals surface area contributed by atoms with Crippen LogP contribution in [-0.4, -0.2) is 29.9 Å². The van der Waals surface area contributed by atoms with E-state index in [-0.39, 0.29) is 11.9 Å². The lowest BCUT2D eigenvalue weighted by Crippen LogP contribution is -2.47. The van der Waals surface area contributed by atoms with Gasteiger partial charge in [-0.1, -0.05) is 31.0 Å². The standard InChI is InChI=1S/C17H26N2O/c1-4-10-19-11-6-5-7-16(19)17(20)18-15-9-8-13(2)12-14(15)3/h8-9,12,16H,4-7,10-11H2,1-3H3,(H,18,20)/t16-/m0/s1. The largest absolute Gasteiger partial charge is 0.324 e. The first kappa shape index (κ1) is 15.0. The summed E-state index contributed by atoms with van der Waals surface area (Å²) in [5.74, 6) is 0.158. The van der Waals surface area contributed by atoms with Crippen molar-refractivity contribution in [3.05, 3.63) is 29.3 Å². The highest BCUT2D eigenvalue weighted by molar-refractivity contribution is 5.95. The number of piperidine rings is 1. The zero-order valence-electron chi connectivity index (χ0n) is 12.9. The predicted molar refractivity (Wildman–Crippen MR) is 84.0 cm³/mol. The maximum Gasteiger partial charge on any atom is 0.241 e. The van der Waals surface area contributed by atoms with Crippen LogP contribution < -0.4 is 5.32 Å². The molecule has 0 spiro atoms. The fraction of sp³-hybridized carbons (Fsp3) is 0.588. The second-order valence-corrected chi connectivity index (χ2v) is 5.86. The number of nitrogens with one attached hydrogen (secondary N) is 1. The van der Waals surface area contributed by atoms with E-state index in [0.717, 1.165) is 43.6 Å². The van der Waals surface area contributed by atoms with Crippen molar-refractivity contribution < 1.29 is 4.79 Å². The van der Waals surface area contributed by atoms with Gasteiger partial charge in [-0.25, -0.2) is 0 Å². The van der Waals surface area contributed by atoms with E-state index >= 15 is 0 Å². The molecule has 1 saturated heterocycles. The molecule has 3 nitrogen and oxygen atoms in total. The first-order valence-corrected chi connectivity index (χ1v) is 7.74. The van der Waals surface area contributed by atoms with E-state index in [2.05, 4.69) is 30.1 Å². The molecule has 0 unspecified atom stereocenters. The number of benzene rings is 1. The maximum atomic E-state index is 12.5. The minimum atomic E-state index is 0.0457. The minimum Gasteiger partial charge on any atom is -0.324 e. The molecule has 3 heteroatoms. The maximum absolute atomic E-state index is 12.5. The van der Waals surface area contributed by atoms with Gasteiger partial charge in [0.2, 0.25) is 5.91 Å². The lowest BCUT2D eigenvalue weighted by atomic mass is 10.0. The third kappa shape index (κ3) is 3.60. The summed E-state index contributed by atoms with van der Waals surface area (Å²) >= 11 is 0. The number of hydrogen-bond donors (Lipinski definition) is 1.